The second-order valence-corrected chi connectivity index (χ2v) is 2.98. The quantitative estimate of drug-likeness (QED) is 0.607. The van der Waals surface area contributed by atoms with Crippen molar-refractivity contribution in [1.29, 1.82) is 0 Å². The third-order valence-corrected chi connectivity index (χ3v) is 1.42. The number of hydrogen-bond acceptors (Lipinski definition) is 2. The molecule has 0 fully saturated rings. The second kappa shape index (κ2) is 3.05. The summed E-state index contributed by atoms with van der Waals surface area (Å²) in [6, 6.07) is 1.42. The van der Waals surface area contributed by atoms with Crippen molar-refractivity contribution in [3.05, 3.63) is 17.0 Å². The van der Waals surface area contributed by atoms with Gasteiger partial charge in [0.25, 0.3) is 0 Å². The minimum Gasteiger partial charge on any atom is -0.283 e. The highest BCUT2D eigenvalue weighted by Gasteiger charge is 2.04. The van der Waals surface area contributed by atoms with Crippen molar-refractivity contribution in [2.24, 2.45) is 0 Å². The van der Waals surface area contributed by atoms with E-state index in [0.29, 0.717) is 11.0 Å². The van der Waals surface area contributed by atoms with Gasteiger partial charge in [0.2, 0.25) is 0 Å². The summed E-state index contributed by atoms with van der Waals surface area (Å²) in [4.78, 5) is 7.87. The normalized spacial score (nSPS) is 10.5. The second-order valence-electron chi connectivity index (χ2n) is 2.59. The first-order valence-electron chi connectivity index (χ1n) is 3.35. The SMILES string of the molecule is CC(C)c1nc([NH])cc(Cl)n1. The fourth-order valence-corrected chi connectivity index (χ4v) is 0.883. The molecule has 0 aliphatic heterocycles. The maximum Gasteiger partial charge on any atom is 0.149 e. The standard InChI is InChI=1S/C7H9ClN3/c1-4(2)7-10-5(8)3-6(9)11-7/h3-4,9H,1-2H3. The summed E-state index contributed by atoms with van der Waals surface area (Å²) < 4.78 is 0. The first kappa shape index (κ1) is 8.27. The molecule has 1 aromatic rings. The highest BCUT2D eigenvalue weighted by molar-refractivity contribution is 6.29. The number of rotatable bonds is 1. The first-order chi connectivity index (χ1) is 5.09. The van der Waals surface area contributed by atoms with Gasteiger partial charge in [-0.15, -0.1) is 0 Å². The van der Waals surface area contributed by atoms with E-state index in [1.165, 1.54) is 6.07 Å². The monoisotopic (exact) mass is 170 g/mol. The van der Waals surface area contributed by atoms with Gasteiger partial charge in [0.1, 0.15) is 16.8 Å². The van der Waals surface area contributed by atoms with E-state index in [-0.39, 0.29) is 11.7 Å². The number of nitrogens with one attached hydrogen (secondary N) is 1. The topological polar surface area (TPSA) is 49.6 Å². The van der Waals surface area contributed by atoms with Crippen LogP contribution in [-0.2, 0) is 0 Å². The average Bonchev–Trinajstić information content (AvgIpc) is 1.85. The molecule has 0 spiro atoms. The van der Waals surface area contributed by atoms with Crippen LogP contribution < -0.4 is 5.73 Å². The molecule has 0 saturated carbocycles. The van der Waals surface area contributed by atoms with Gasteiger partial charge in [-0.05, 0) is 0 Å². The molecule has 11 heavy (non-hydrogen) atoms. The van der Waals surface area contributed by atoms with E-state index in [4.69, 9.17) is 17.3 Å². The molecular formula is C7H9ClN3. The van der Waals surface area contributed by atoms with Crippen LogP contribution in [0.5, 0.6) is 0 Å². The lowest BCUT2D eigenvalue weighted by atomic mass is 10.2. The molecule has 0 aromatic carbocycles. The predicted octanol–water partition coefficient (Wildman–Crippen LogP) is 2.17. The molecule has 1 aromatic heterocycles. The molecule has 1 rings (SSSR count). The zero-order valence-corrected chi connectivity index (χ0v) is 7.18. The van der Waals surface area contributed by atoms with Crippen LogP contribution in [-0.4, -0.2) is 9.97 Å². The van der Waals surface area contributed by atoms with Crippen LogP contribution in [0, 0.1) is 0 Å². The van der Waals surface area contributed by atoms with Crippen LogP contribution in [0.4, 0.5) is 5.82 Å². The summed E-state index contributed by atoms with van der Waals surface area (Å²) in [5, 5.41) is 0.341. The van der Waals surface area contributed by atoms with Gasteiger partial charge in [0, 0.05) is 12.0 Å². The van der Waals surface area contributed by atoms with Crippen LogP contribution in [0.15, 0.2) is 6.07 Å². The Hall–Kier alpha value is -0.830. The molecule has 0 bridgehead atoms. The first-order valence-corrected chi connectivity index (χ1v) is 3.73. The highest BCUT2D eigenvalue weighted by atomic mass is 35.5. The molecule has 0 saturated heterocycles. The molecule has 0 aliphatic carbocycles. The smallest absolute Gasteiger partial charge is 0.149 e. The fraction of sp³-hybridized carbons (Fsp3) is 0.429. The van der Waals surface area contributed by atoms with Crippen molar-refractivity contribution in [1.82, 2.24) is 15.7 Å². The van der Waals surface area contributed by atoms with Gasteiger partial charge < -0.3 is 0 Å². The molecule has 4 heteroatoms. The zero-order valence-electron chi connectivity index (χ0n) is 6.43. The van der Waals surface area contributed by atoms with Crippen molar-refractivity contribution in [2.45, 2.75) is 19.8 Å². The van der Waals surface area contributed by atoms with E-state index in [9.17, 15) is 0 Å². The summed E-state index contributed by atoms with van der Waals surface area (Å²) >= 11 is 5.62. The van der Waals surface area contributed by atoms with Gasteiger partial charge in [0.05, 0.1) is 0 Å². The highest BCUT2D eigenvalue weighted by Crippen LogP contribution is 2.15. The molecule has 3 nitrogen and oxygen atoms in total. The minimum absolute atomic E-state index is 0.175. The van der Waals surface area contributed by atoms with Crippen molar-refractivity contribution >= 4 is 17.4 Å². The van der Waals surface area contributed by atoms with Gasteiger partial charge in [-0.2, -0.15) is 0 Å². The maximum absolute atomic E-state index is 7.23. The van der Waals surface area contributed by atoms with Crippen LogP contribution in [0.2, 0.25) is 5.15 Å². The Bertz CT molecular complexity index is 240. The number of aromatic nitrogens is 2. The molecule has 0 aliphatic rings. The van der Waals surface area contributed by atoms with Gasteiger partial charge in [-0.25, -0.2) is 9.97 Å². The molecular weight excluding hydrogens is 162 g/mol. The lowest BCUT2D eigenvalue weighted by Gasteiger charge is -2.03. The van der Waals surface area contributed by atoms with Gasteiger partial charge >= 0.3 is 0 Å². The molecule has 1 heterocycles. The van der Waals surface area contributed by atoms with E-state index in [1.807, 2.05) is 13.8 Å². The van der Waals surface area contributed by atoms with Crippen LogP contribution in [0.3, 0.4) is 0 Å². The summed E-state index contributed by atoms with van der Waals surface area (Å²) in [6.07, 6.45) is 0. The zero-order chi connectivity index (χ0) is 8.43. The lowest BCUT2D eigenvalue weighted by molar-refractivity contribution is 0.774. The summed E-state index contributed by atoms with van der Waals surface area (Å²) in [7, 11) is 0. The Balaban J connectivity index is 3.08. The summed E-state index contributed by atoms with van der Waals surface area (Å²) in [5.74, 6) is 1.02. The Morgan fingerprint density at radius 2 is 2.09 bits per heavy atom. The third kappa shape index (κ3) is 2.05. The number of nitrogens with zero attached hydrogens (tertiary/aromatic N) is 2. The molecule has 0 unspecified atom stereocenters. The van der Waals surface area contributed by atoms with Crippen LogP contribution >= 0.6 is 11.6 Å². The van der Waals surface area contributed by atoms with Crippen molar-refractivity contribution in [3.63, 3.8) is 0 Å². The molecule has 0 atom stereocenters. The Morgan fingerprint density at radius 1 is 1.45 bits per heavy atom. The number of hydrogen-bond donors (Lipinski definition) is 0. The van der Waals surface area contributed by atoms with Crippen molar-refractivity contribution in [2.75, 3.05) is 0 Å². The Labute approximate surface area is 70.6 Å². The average molecular weight is 171 g/mol. The Morgan fingerprint density at radius 3 is 2.55 bits per heavy atom. The van der Waals surface area contributed by atoms with E-state index >= 15 is 0 Å². The van der Waals surface area contributed by atoms with Crippen molar-refractivity contribution < 1.29 is 0 Å². The molecule has 1 N–H and O–H groups in total. The third-order valence-electron chi connectivity index (χ3n) is 1.23. The number of halogens is 1. The van der Waals surface area contributed by atoms with E-state index in [2.05, 4.69) is 9.97 Å². The minimum atomic E-state index is 0.175. The van der Waals surface area contributed by atoms with Crippen molar-refractivity contribution in [3.8, 4) is 0 Å². The lowest BCUT2D eigenvalue weighted by Crippen LogP contribution is -1.97. The predicted molar refractivity (Wildman–Crippen MR) is 43.9 cm³/mol. The van der Waals surface area contributed by atoms with E-state index in [0.717, 1.165) is 0 Å². The van der Waals surface area contributed by atoms with Crippen LogP contribution in [0.1, 0.15) is 25.6 Å². The van der Waals surface area contributed by atoms with Gasteiger partial charge in [-0.3, -0.25) is 5.73 Å². The van der Waals surface area contributed by atoms with E-state index < -0.39 is 0 Å². The van der Waals surface area contributed by atoms with Gasteiger partial charge in [-0.1, -0.05) is 25.4 Å². The largest absolute Gasteiger partial charge is 0.283 e. The maximum atomic E-state index is 7.23. The molecule has 0 amide bonds. The van der Waals surface area contributed by atoms with Gasteiger partial charge in [0.15, 0.2) is 0 Å². The Kier molecular flexibility index (Phi) is 2.29. The van der Waals surface area contributed by atoms with Crippen LogP contribution in [0.25, 0.3) is 0 Å². The fourth-order valence-electron chi connectivity index (χ4n) is 0.693. The van der Waals surface area contributed by atoms with E-state index in [1.54, 1.807) is 0 Å². The summed E-state index contributed by atoms with van der Waals surface area (Å²) in [6.45, 7) is 3.93. The molecule has 59 valence electrons. The molecule has 1 radical (unpaired) electrons. The summed E-state index contributed by atoms with van der Waals surface area (Å²) in [5.41, 5.74) is 7.23.